The summed E-state index contributed by atoms with van der Waals surface area (Å²) in [4.78, 5) is 29.6. The number of imidazole rings is 1. The molecule has 3 N–H and O–H groups in total. The van der Waals surface area contributed by atoms with Gasteiger partial charge in [0.15, 0.2) is 11.5 Å². The van der Waals surface area contributed by atoms with E-state index in [0.717, 1.165) is 48.6 Å². The molecule has 0 unspecified atom stereocenters. The van der Waals surface area contributed by atoms with Crippen LogP contribution in [0.1, 0.15) is 36.6 Å². The van der Waals surface area contributed by atoms with Gasteiger partial charge in [-0.3, -0.25) is 4.79 Å². The van der Waals surface area contributed by atoms with Crippen molar-refractivity contribution in [1.82, 2.24) is 34.8 Å². The molecule has 35 heavy (non-hydrogen) atoms. The van der Waals surface area contributed by atoms with Crippen LogP contribution in [0.15, 0.2) is 18.5 Å². The highest BCUT2D eigenvalue weighted by atomic mass is 35.5. The van der Waals surface area contributed by atoms with Crippen LogP contribution in [0.3, 0.4) is 0 Å². The number of fused-ring (bicyclic) bond motifs is 1. The monoisotopic (exact) mass is 503 g/mol. The number of pyridine rings is 1. The zero-order chi connectivity index (χ0) is 24.1. The second-order valence-corrected chi connectivity index (χ2v) is 8.53. The number of nitrogens with one attached hydrogen (secondary N) is 1. The Balaban J connectivity index is 0.00000342. The lowest BCUT2D eigenvalue weighted by Gasteiger charge is -2.36. The molecule has 1 saturated heterocycles. The Labute approximate surface area is 211 Å². The van der Waals surface area contributed by atoms with E-state index in [1.807, 2.05) is 11.1 Å². The summed E-state index contributed by atoms with van der Waals surface area (Å²) in [5, 5.41) is 7.41. The number of aryl methyl sites for hydroxylation is 1. The van der Waals surface area contributed by atoms with E-state index in [1.54, 1.807) is 17.8 Å². The second kappa shape index (κ2) is 12.0. The molecule has 0 radical (unpaired) electrons. The van der Waals surface area contributed by atoms with Gasteiger partial charge in [-0.2, -0.15) is 4.98 Å². The fraction of sp³-hybridized carbons (Fsp3) is 0.522. The summed E-state index contributed by atoms with van der Waals surface area (Å²) in [7, 11) is 1.79. The molecule has 0 aromatic carbocycles. The topological polar surface area (TPSA) is 127 Å². The molecule has 11 nitrogen and oxygen atoms in total. The molecule has 0 bridgehead atoms. The molecule has 3 aromatic rings. The molecule has 1 amide bonds. The average molecular weight is 504 g/mol. The molecule has 190 valence electrons. The molecule has 3 aromatic heterocycles. The third-order valence-corrected chi connectivity index (χ3v) is 5.92. The number of unbranched alkanes of at least 4 members (excludes halogenated alkanes) is 1. The first-order valence-corrected chi connectivity index (χ1v) is 11.8. The lowest BCUT2D eigenvalue weighted by molar-refractivity contribution is -0.130. The molecule has 0 spiro atoms. The van der Waals surface area contributed by atoms with Crippen molar-refractivity contribution in [3.05, 3.63) is 35.3 Å². The molecule has 12 heteroatoms. The minimum Gasteiger partial charge on any atom is -0.462 e. The van der Waals surface area contributed by atoms with Crippen LogP contribution in [-0.4, -0.2) is 81.8 Å². The number of piperazine rings is 1. The Morgan fingerprint density at radius 1 is 1.20 bits per heavy atom. The van der Waals surface area contributed by atoms with Gasteiger partial charge in [-0.25, -0.2) is 14.5 Å². The van der Waals surface area contributed by atoms with Crippen molar-refractivity contribution in [3.8, 4) is 6.01 Å². The van der Waals surface area contributed by atoms with Crippen molar-refractivity contribution < 1.29 is 9.53 Å². The molecule has 4 rings (SSSR count). The highest BCUT2D eigenvalue weighted by molar-refractivity contribution is 5.85. The number of ether oxygens (including phenoxy) is 1. The van der Waals surface area contributed by atoms with Crippen LogP contribution >= 0.6 is 12.4 Å². The van der Waals surface area contributed by atoms with Gasteiger partial charge in [-0.05, 0) is 31.5 Å². The number of hydrogen-bond donors (Lipinski definition) is 2. The molecule has 4 heterocycles. The van der Waals surface area contributed by atoms with Crippen molar-refractivity contribution in [1.29, 1.82) is 0 Å². The number of likely N-dealkylation sites (N-methyl/N-ethyl adjacent to an activating group) is 1. The van der Waals surface area contributed by atoms with E-state index in [1.165, 1.54) is 0 Å². The maximum atomic E-state index is 12.1. The highest BCUT2D eigenvalue weighted by Gasteiger charge is 2.22. The van der Waals surface area contributed by atoms with Gasteiger partial charge in [0.25, 0.3) is 0 Å². The summed E-state index contributed by atoms with van der Waals surface area (Å²) in [5.74, 6) is 1.39. The van der Waals surface area contributed by atoms with Crippen molar-refractivity contribution in [2.75, 3.05) is 57.0 Å². The number of aromatic nitrogens is 5. The molecule has 1 fully saturated rings. The average Bonchev–Trinajstić information content (AvgIpc) is 3.23. The van der Waals surface area contributed by atoms with Crippen LogP contribution in [0.25, 0.3) is 5.65 Å². The summed E-state index contributed by atoms with van der Waals surface area (Å²) in [6.07, 6.45) is 6.22. The van der Waals surface area contributed by atoms with Gasteiger partial charge in [0.1, 0.15) is 5.82 Å². The molecule has 1 aliphatic heterocycles. The highest BCUT2D eigenvalue weighted by Crippen LogP contribution is 2.22. The third kappa shape index (κ3) is 6.09. The van der Waals surface area contributed by atoms with Gasteiger partial charge in [-0.15, -0.1) is 17.5 Å². The van der Waals surface area contributed by atoms with Crippen molar-refractivity contribution in [2.45, 2.75) is 33.1 Å². The zero-order valence-electron chi connectivity index (χ0n) is 20.5. The lowest BCUT2D eigenvalue weighted by atomic mass is 10.1. The number of hydrogen-bond acceptors (Lipinski definition) is 9. The Morgan fingerprint density at radius 3 is 2.66 bits per heavy atom. The standard InChI is InChI=1S/C23H33N9O2.ClH/c1-4-5-10-34-23-28-20(24)22-27-14-18(32(22)29-23)12-17-11-16(2)21(26-13-17)31-8-6-30(7-9-31)19(33)15-25-3;/h11,13-14,25H,4-10,12,15H2,1-3H3,(H2,24,28,29);1H. The van der Waals surface area contributed by atoms with Gasteiger partial charge in [0, 0.05) is 38.8 Å². The van der Waals surface area contributed by atoms with E-state index >= 15 is 0 Å². The number of nitrogen functional groups attached to an aromatic ring is 1. The number of amides is 1. The SMILES string of the molecule is CCCCOc1nc(N)c2ncc(Cc3cnc(N4CCN(C(=O)CNC)CC4)c(C)c3)n2n1.Cl. The quantitative estimate of drug-likeness (QED) is 0.417. The van der Waals surface area contributed by atoms with Gasteiger partial charge < -0.3 is 25.6 Å². The van der Waals surface area contributed by atoms with Crippen molar-refractivity contribution >= 4 is 35.6 Å². The first kappa shape index (κ1) is 26.4. The van der Waals surface area contributed by atoms with Crippen molar-refractivity contribution in [3.63, 3.8) is 0 Å². The maximum absolute atomic E-state index is 12.1. The van der Waals surface area contributed by atoms with Gasteiger partial charge in [0.2, 0.25) is 5.91 Å². The Hall–Kier alpha value is -3.18. The summed E-state index contributed by atoms with van der Waals surface area (Å²) >= 11 is 0. The van der Waals surface area contributed by atoms with Crippen molar-refractivity contribution in [2.24, 2.45) is 0 Å². The number of anilines is 2. The lowest BCUT2D eigenvalue weighted by Crippen LogP contribution is -2.51. The normalized spacial score (nSPS) is 13.7. The Bertz CT molecular complexity index is 1150. The van der Waals surface area contributed by atoms with E-state index in [-0.39, 0.29) is 24.3 Å². The zero-order valence-corrected chi connectivity index (χ0v) is 21.3. The Kier molecular flexibility index (Phi) is 9.05. The molecule has 0 atom stereocenters. The maximum Gasteiger partial charge on any atom is 0.336 e. The molecule has 1 aliphatic rings. The third-order valence-electron chi connectivity index (χ3n) is 5.92. The van der Waals surface area contributed by atoms with Gasteiger partial charge >= 0.3 is 6.01 Å². The predicted octanol–water partition coefficient (Wildman–Crippen LogP) is 1.47. The second-order valence-electron chi connectivity index (χ2n) is 8.53. The van der Waals surface area contributed by atoms with Crippen LogP contribution in [0, 0.1) is 6.92 Å². The molecular formula is C23H34ClN9O2. The predicted molar refractivity (Wildman–Crippen MR) is 137 cm³/mol. The smallest absolute Gasteiger partial charge is 0.336 e. The fourth-order valence-electron chi connectivity index (χ4n) is 4.11. The Morgan fingerprint density at radius 2 is 1.97 bits per heavy atom. The molecule has 0 aliphatic carbocycles. The first-order chi connectivity index (χ1) is 16.5. The van der Waals surface area contributed by atoms with Crippen LogP contribution in [0.4, 0.5) is 11.6 Å². The van der Waals surface area contributed by atoms with Crippen LogP contribution in [0.5, 0.6) is 6.01 Å². The summed E-state index contributed by atoms with van der Waals surface area (Å²) < 4.78 is 7.35. The first-order valence-electron chi connectivity index (χ1n) is 11.8. The van der Waals surface area contributed by atoms with Crippen LogP contribution in [0.2, 0.25) is 0 Å². The molecule has 0 saturated carbocycles. The van der Waals surface area contributed by atoms with Crippen LogP contribution < -0.4 is 20.7 Å². The number of rotatable bonds is 9. The van der Waals surface area contributed by atoms with Crippen LogP contribution in [-0.2, 0) is 11.2 Å². The number of halogens is 1. The summed E-state index contributed by atoms with van der Waals surface area (Å²) in [5.41, 5.74) is 9.63. The van der Waals surface area contributed by atoms with E-state index in [9.17, 15) is 4.79 Å². The number of nitrogens with two attached hydrogens (primary N) is 1. The minimum absolute atomic E-state index is 0. The fourth-order valence-corrected chi connectivity index (χ4v) is 4.11. The number of carbonyl (C=O) groups is 1. The number of nitrogens with zero attached hydrogens (tertiary/aromatic N) is 7. The summed E-state index contributed by atoms with van der Waals surface area (Å²) in [6, 6.07) is 2.40. The minimum atomic E-state index is 0. The largest absolute Gasteiger partial charge is 0.462 e. The van der Waals surface area contributed by atoms with E-state index in [0.29, 0.717) is 44.1 Å². The number of carbonyl (C=O) groups excluding carboxylic acids is 1. The van der Waals surface area contributed by atoms with E-state index < -0.39 is 0 Å². The van der Waals surface area contributed by atoms with Gasteiger partial charge in [0.05, 0.1) is 25.0 Å². The van der Waals surface area contributed by atoms with E-state index in [4.69, 9.17) is 15.5 Å². The van der Waals surface area contributed by atoms with Gasteiger partial charge in [-0.1, -0.05) is 19.4 Å². The van der Waals surface area contributed by atoms with E-state index in [2.05, 4.69) is 45.2 Å². The molecular weight excluding hydrogens is 470 g/mol. The summed E-state index contributed by atoms with van der Waals surface area (Å²) in [6.45, 7) is 8.04.